The fourth-order valence-electron chi connectivity index (χ4n) is 2.68. The summed E-state index contributed by atoms with van der Waals surface area (Å²) in [5.74, 6) is 0.742. The van der Waals surface area contributed by atoms with Gasteiger partial charge in [0.05, 0.1) is 0 Å². The summed E-state index contributed by atoms with van der Waals surface area (Å²) in [6.07, 6.45) is 10.3. The van der Waals surface area contributed by atoms with E-state index in [2.05, 4.69) is 5.32 Å². The minimum absolute atomic E-state index is 0.135. The number of carbonyl (C=O) groups excluding carboxylic acids is 1. The summed E-state index contributed by atoms with van der Waals surface area (Å²) in [6.45, 7) is 0.943. The van der Waals surface area contributed by atoms with E-state index in [1.165, 1.54) is 51.4 Å². The second kappa shape index (κ2) is 5.55. The molecule has 0 aromatic rings. The Morgan fingerprint density at radius 2 is 1.81 bits per heavy atom. The van der Waals surface area contributed by atoms with Crippen molar-refractivity contribution in [2.45, 2.75) is 57.4 Å². The van der Waals surface area contributed by atoms with Gasteiger partial charge < -0.3 is 10.2 Å². The monoisotopic (exact) mass is 224 g/mol. The van der Waals surface area contributed by atoms with Crippen molar-refractivity contribution >= 4 is 6.03 Å². The number of nitrogens with zero attached hydrogens (tertiary/aromatic N) is 1. The summed E-state index contributed by atoms with van der Waals surface area (Å²) in [5.41, 5.74) is 0. The van der Waals surface area contributed by atoms with Gasteiger partial charge in [-0.05, 0) is 38.0 Å². The zero-order valence-electron chi connectivity index (χ0n) is 10.4. The number of urea groups is 1. The van der Waals surface area contributed by atoms with E-state index >= 15 is 0 Å². The van der Waals surface area contributed by atoms with Crippen LogP contribution >= 0.6 is 0 Å². The zero-order chi connectivity index (χ0) is 11.4. The predicted octanol–water partition coefficient (Wildman–Crippen LogP) is 2.76. The number of nitrogens with one attached hydrogen (secondary N) is 1. The van der Waals surface area contributed by atoms with E-state index in [4.69, 9.17) is 0 Å². The van der Waals surface area contributed by atoms with Crippen LogP contribution in [0.25, 0.3) is 0 Å². The lowest BCUT2D eigenvalue weighted by Crippen LogP contribution is -2.47. The van der Waals surface area contributed by atoms with Gasteiger partial charge in [0, 0.05) is 19.6 Å². The van der Waals surface area contributed by atoms with Crippen LogP contribution in [0.2, 0.25) is 0 Å². The quantitative estimate of drug-likeness (QED) is 0.785. The van der Waals surface area contributed by atoms with Gasteiger partial charge in [0.2, 0.25) is 0 Å². The van der Waals surface area contributed by atoms with Gasteiger partial charge >= 0.3 is 6.03 Å². The third-order valence-electron chi connectivity index (χ3n) is 4.04. The topological polar surface area (TPSA) is 32.3 Å². The number of hydrogen-bond donors (Lipinski definition) is 1. The second-order valence-corrected chi connectivity index (χ2v) is 5.46. The van der Waals surface area contributed by atoms with Crippen molar-refractivity contribution < 1.29 is 4.79 Å². The minimum Gasteiger partial charge on any atom is -0.335 e. The molecule has 0 heterocycles. The van der Waals surface area contributed by atoms with Gasteiger partial charge in [0.25, 0.3) is 0 Å². The molecule has 0 bridgehead atoms. The highest BCUT2D eigenvalue weighted by molar-refractivity contribution is 5.74. The molecule has 0 aliphatic heterocycles. The van der Waals surface area contributed by atoms with Gasteiger partial charge in [-0.25, -0.2) is 4.79 Å². The Labute approximate surface area is 98.6 Å². The SMILES string of the molecule is CN(CC1CCCCC1)C(=O)NC1CCC1. The molecule has 16 heavy (non-hydrogen) atoms. The molecule has 0 aromatic carbocycles. The first kappa shape index (κ1) is 11.7. The van der Waals surface area contributed by atoms with Crippen LogP contribution in [-0.2, 0) is 0 Å². The van der Waals surface area contributed by atoms with Crippen molar-refractivity contribution in [2.24, 2.45) is 5.92 Å². The summed E-state index contributed by atoms with van der Waals surface area (Å²) in [6, 6.07) is 0.594. The summed E-state index contributed by atoms with van der Waals surface area (Å²) < 4.78 is 0. The van der Waals surface area contributed by atoms with E-state index in [0.29, 0.717) is 6.04 Å². The maximum absolute atomic E-state index is 11.8. The molecule has 0 spiro atoms. The molecule has 3 nitrogen and oxygen atoms in total. The molecule has 0 unspecified atom stereocenters. The van der Waals surface area contributed by atoms with E-state index in [1.807, 2.05) is 11.9 Å². The standard InChI is InChI=1S/C13H24N2O/c1-15(10-11-6-3-2-4-7-11)13(16)14-12-8-5-9-12/h11-12H,2-10H2,1H3,(H,14,16). The van der Waals surface area contributed by atoms with Gasteiger partial charge in [0.15, 0.2) is 0 Å². The van der Waals surface area contributed by atoms with Crippen molar-refractivity contribution in [2.75, 3.05) is 13.6 Å². The molecular weight excluding hydrogens is 200 g/mol. The van der Waals surface area contributed by atoms with E-state index in [-0.39, 0.29) is 6.03 Å². The van der Waals surface area contributed by atoms with Crippen LogP contribution < -0.4 is 5.32 Å². The average molecular weight is 224 g/mol. The Hall–Kier alpha value is -0.730. The van der Waals surface area contributed by atoms with Crippen LogP contribution in [0.15, 0.2) is 0 Å². The molecular formula is C13H24N2O. The number of amides is 2. The van der Waals surface area contributed by atoms with Crippen LogP contribution in [0.1, 0.15) is 51.4 Å². The molecule has 2 saturated carbocycles. The first-order valence-electron chi connectivity index (χ1n) is 6.77. The summed E-state index contributed by atoms with van der Waals surface area (Å²) in [4.78, 5) is 13.7. The largest absolute Gasteiger partial charge is 0.335 e. The lowest BCUT2D eigenvalue weighted by molar-refractivity contribution is 0.182. The highest BCUT2D eigenvalue weighted by atomic mass is 16.2. The molecule has 0 atom stereocenters. The van der Waals surface area contributed by atoms with Crippen molar-refractivity contribution in [3.05, 3.63) is 0 Å². The maximum Gasteiger partial charge on any atom is 0.317 e. The predicted molar refractivity (Wildman–Crippen MR) is 65.4 cm³/mol. The van der Waals surface area contributed by atoms with Crippen LogP contribution in [0.3, 0.4) is 0 Å². The first-order valence-corrected chi connectivity index (χ1v) is 6.77. The van der Waals surface area contributed by atoms with Gasteiger partial charge in [0.1, 0.15) is 0 Å². The van der Waals surface area contributed by atoms with Crippen molar-refractivity contribution in [1.82, 2.24) is 10.2 Å². The Kier molecular flexibility index (Phi) is 4.08. The average Bonchev–Trinajstić information content (AvgIpc) is 2.24. The molecule has 0 aromatic heterocycles. The third-order valence-corrected chi connectivity index (χ3v) is 4.04. The van der Waals surface area contributed by atoms with Crippen molar-refractivity contribution in [3.63, 3.8) is 0 Å². The second-order valence-electron chi connectivity index (χ2n) is 5.46. The van der Waals surface area contributed by atoms with Crippen LogP contribution in [-0.4, -0.2) is 30.6 Å². The van der Waals surface area contributed by atoms with Crippen LogP contribution in [0.5, 0.6) is 0 Å². The van der Waals surface area contributed by atoms with Gasteiger partial charge in [-0.1, -0.05) is 19.3 Å². The van der Waals surface area contributed by atoms with Gasteiger partial charge in [-0.15, -0.1) is 0 Å². The van der Waals surface area contributed by atoms with Crippen molar-refractivity contribution in [1.29, 1.82) is 0 Å². The Balaban J connectivity index is 1.68. The van der Waals surface area contributed by atoms with Gasteiger partial charge in [-0.2, -0.15) is 0 Å². The third kappa shape index (κ3) is 3.13. The molecule has 1 N–H and O–H groups in total. The number of hydrogen-bond acceptors (Lipinski definition) is 1. The zero-order valence-corrected chi connectivity index (χ0v) is 10.4. The normalized spacial score (nSPS) is 22.6. The van der Waals surface area contributed by atoms with E-state index in [0.717, 1.165) is 12.5 Å². The van der Waals surface area contributed by atoms with Crippen LogP contribution in [0, 0.1) is 5.92 Å². The Bertz CT molecular complexity index is 232. The van der Waals surface area contributed by atoms with E-state index < -0.39 is 0 Å². The molecule has 2 rings (SSSR count). The molecule has 2 fully saturated rings. The lowest BCUT2D eigenvalue weighted by Gasteiger charge is -2.31. The van der Waals surface area contributed by atoms with E-state index in [9.17, 15) is 4.79 Å². The summed E-state index contributed by atoms with van der Waals surface area (Å²) in [5, 5.41) is 3.09. The fraction of sp³-hybridized carbons (Fsp3) is 0.923. The van der Waals surface area contributed by atoms with Crippen LogP contribution in [0.4, 0.5) is 4.79 Å². The Morgan fingerprint density at radius 1 is 1.12 bits per heavy atom. The highest BCUT2D eigenvalue weighted by Crippen LogP contribution is 2.24. The molecule has 92 valence electrons. The lowest BCUT2D eigenvalue weighted by atomic mass is 9.89. The molecule has 0 radical (unpaired) electrons. The summed E-state index contributed by atoms with van der Waals surface area (Å²) in [7, 11) is 1.93. The highest BCUT2D eigenvalue weighted by Gasteiger charge is 2.23. The number of rotatable bonds is 3. The minimum atomic E-state index is 0.135. The summed E-state index contributed by atoms with van der Waals surface area (Å²) >= 11 is 0. The smallest absolute Gasteiger partial charge is 0.317 e. The maximum atomic E-state index is 11.8. The molecule has 2 aliphatic rings. The Morgan fingerprint density at radius 3 is 2.38 bits per heavy atom. The fourth-order valence-corrected chi connectivity index (χ4v) is 2.68. The van der Waals surface area contributed by atoms with Crippen molar-refractivity contribution in [3.8, 4) is 0 Å². The molecule has 2 aliphatic carbocycles. The molecule has 2 amide bonds. The first-order chi connectivity index (χ1) is 7.75. The molecule has 0 saturated heterocycles. The van der Waals surface area contributed by atoms with Gasteiger partial charge in [-0.3, -0.25) is 0 Å². The van der Waals surface area contributed by atoms with E-state index in [1.54, 1.807) is 0 Å². The molecule has 3 heteroatoms. The number of carbonyl (C=O) groups is 1.